The van der Waals surface area contributed by atoms with Gasteiger partial charge >= 0.3 is 6.09 Å². The van der Waals surface area contributed by atoms with E-state index in [9.17, 15) is 9.59 Å². The fourth-order valence-corrected chi connectivity index (χ4v) is 0.962. The molecule has 1 atom stereocenters. The third-order valence-corrected chi connectivity index (χ3v) is 1.53. The summed E-state index contributed by atoms with van der Waals surface area (Å²) in [5.74, 6) is -0.389. The molecule has 1 fully saturated rings. The van der Waals surface area contributed by atoms with Gasteiger partial charge in [-0.3, -0.25) is 4.79 Å². The maximum Gasteiger partial charge on any atom is 0.417 e. The van der Waals surface area contributed by atoms with E-state index in [2.05, 4.69) is 4.74 Å². The number of rotatable bonds is 1. The molecular formula is C6H10N2O3. The van der Waals surface area contributed by atoms with Crippen molar-refractivity contribution in [2.45, 2.75) is 13.0 Å². The predicted octanol–water partition coefficient (Wildman–Crippen LogP) is -0.688. The van der Waals surface area contributed by atoms with Crippen molar-refractivity contribution in [3.8, 4) is 0 Å². The molecule has 0 aromatic rings. The van der Waals surface area contributed by atoms with Gasteiger partial charge in [0.15, 0.2) is 0 Å². The molecule has 0 bridgehead atoms. The largest absolute Gasteiger partial charge is 0.447 e. The molecule has 1 rings (SSSR count). The number of imide groups is 1. The Kier molecular flexibility index (Phi) is 2.09. The molecule has 0 radical (unpaired) electrons. The number of amides is 2. The lowest BCUT2D eigenvalue weighted by atomic mass is 10.3. The zero-order valence-electron chi connectivity index (χ0n) is 6.24. The summed E-state index contributed by atoms with van der Waals surface area (Å²) in [5.41, 5.74) is 5.08. The highest BCUT2D eigenvalue weighted by atomic mass is 16.6. The van der Waals surface area contributed by atoms with Crippen LogP contribution in [0, 0.1) is 0 Å². The lowest BCUT2D eigenvalue weighted by Gasteiger charge is -2.13. The minimum atomic E-state index is -0.590. The average molecular weight is 158 g/mol. The van der Waals surface area contributed by atoms with Gasteiger partial charge in [0.1, 0.15) is 6.61 Å². The number of nitrogens with two attached hydrogens (primary N) is 1. The Balaban J connectivity index is 2.68. The lowest BCUT2D eigenvalue weighted by Crippen LogP contribution is -2.40. The van der Waals surface area contributed by atoms with Gasteiger partial charge in [-0.05, 0) is 6.92 Å². The zero-order chi connectivity index (χ0) is 8.43. The van der Waals surface area contributed by atoms with Crippen LogP contribution in [0.15, 0.2) is 0 Å². The van der Waals surface area contributed by atoms with Crippen LogP contribution in [0.4, 0.5) is 4.79 Å². The molecule has 1 aliphatic rings. The van der Waals surface area contributed by atoms with Gasteiger partial charge in [-0.15, -0.1) is 0 Å². The van der Waals surface area contributed by atoms with Crippen molar-refractivity contribution in [3.05, 3.63) is 0 Å². The van der Waals surface area contributed by atoms with E-state index in [1.54, 1.807) is 6.92 Å². The number of ether oxygens (including phenoxy) is 1. The summed E-state index contributed by atoms with van der Waals surface area (Å²) in [6.07, 6.45) is -0.590. The van der Waals surface area contributed by atoms with Crippen LogP contribution >= 0.6 is 0 Å². The van der Waals surface area contributed by atoms with E-state index in [4.69, 9.17) is 5.73 Å². The SMILES string of the molecule is CC1COC(=O)N1C(=O)CN. The van der Waals surface area contributed by atoms with Crippen molar-refractivity contribution in [2.75, 3.05) is 13.2 Å². The Morgan fingerprint density at radius 1 is 1.91 bits per heavy atom. The van der Waals surface area contributed by atoms with Gasteiger partial charge in [0, 0.05) is 0 Å². The lowest BCUT2D eigenvalue weighted by molar-refractivity contribution is -0.127. The molecule has 0 aromatic heterocycles. The predicted molar refractivity (Wildman–Crippen MR) is 36.7 cm³/mol. The van der Waals surface area contributed by atoms with Gasteiger partial charge in [0.25, 0.3) is 0 Å². The summed E-state index contributed by atoms with van der Waals surface area (Å²) >= 11 is 0. The Bertz CT molecular complexity index is 192. The minimum Gasteiger partial charge on any atom is -0.447 e. The van der Waals surface area contributed by atoms with E-state index in [1.807, 2.05) is 0 Å². The topological polar surface area (TPSA) is 72.6 Å². The summed E-state index contributed by atoms with van der Waals surface area (Å²) in [4.78, 5) is 22.8. The quantitative estimate of drug-likeness (QED) is 0.548. The molecule has 2 N–H and O–H groups in total. The Morgan fingerprint density at radius 3 is 2.91 bits per heavy atom. The fourth-order valence-electron chi connectivity index (χ4n) is 0.962. The summed E-state index contributed by atoms with van der Waals surface area (Å²) in [5, 5.41) is 0. The van der Waals surface area contributed by atoms with Crippen molar-refractivity contribution < 1.29 is 14.3 Å². The number of carbonyl (C=O) groups excluding carboxylic acids is 2. The zero-order valence-corrected chi connectivity index (χ0v) is 6.24. The summed E-state index contributed by atoms with van der Waals surface area (Å²) < 4.78 is 4.61. The number of nitrogens with zero attached hydrogens (tertiary/aromatic N) is 1. The van der Waals surface area contributed by atoms with E-state index in [0.717, 1.165) is 4.90 Å². The Labute approximate surface area is 64.1 Å². The first-order chi connectivity index (χ1) is 5.16. The molecule has 1 heterocycles. The van der Waals surface area contributed by atoms with Crippen LogP contribution in [0.25, 0.3) is 0 Å². The van der Waals surface area contributed by atoms with Crippen LogP contribution in [-0.4, -0.2) is 36.1 Å². The maximum atomic E-state index is 10.9. The van der Waals surface area contributed by atoms with Crippen molar-refractivity contribution in [3.63, 3.8) is 0 Å². The van der Waals surface area contributed by atoms with E-state index in [-0.39, 0.29) is 25.1 Å². The molecule has 1 saturated heterocycles. The minimum absolute atomic E-state index is 0.153. The van der Waals surface area contributed by atoms with E-state index in [0.29, 0.717) is 0 Å². The first-order valence-electron chi connectivity index (χ1n) is 3.35. The Hall–Kier alpha value is -1.10. The van der Waals surface area contributed by atoms with E-state index < -0.39 is 6.09 Å². The van der Waals surface area contributed by atoms with Crippen LogP contribution in [0.1, 0.15) is 6.92 Å². The van der Waals surface area contributed by atoms with Gasteiger partial charge in [0.05, 0.1) is 12.6 Å². The van der Waals surface area contributed by atoms with E-state index in [1.165, 1.54) is 0 Å². The third-order valence-electron chi connectivity index (χ3n) is 1.53. The smallest absolute Gasteiger partial charge is 0.417 e. The maximum absolute atomic E-state index is 10.9. The molecule has 11 heavy (non-hydrogen) atoms. The molecule has 5 heteroatoms. The second kappa shape index (κ2) is 2.87. The molecule has 1 unspecified atom stereocenters. The normalized spacial score (nSPS) is 23.6. The first-order valence-corrected chi connectivity index (χ1v) is 3.35. The van der Waals surface area contributed by atoms with Crippen molar-refractivity contribution in [1.82, 2.24) is 4.90 Å². The molecule has 0 spiro atoms. The van der Waals surface area contributed by atoms with Crippen LogP contribution in [0.3, 0.4) is 0 Å². The molecule has 1 aliphatic heterocycles. The van der Waals surface area contributed by atoms with E-state index >= 15 is 0 Å². The van der Waals surface area contributed by atoms with Gasteiger partial charge in [-0.1, -0.05) is 0 Å². The standard InChI is InChI=1S/C6H10N2O3/c1-4-3-11-6(10)8(4)5(9)2-7/h4H,2-3,7H2,1H3. The molecule has 0 aromatic carbocycles. The highest BCUT2D eigenvalue weighted by molar-refractivity contribution is 5.94. The summed E-state index contributed by atoms with van der Waals surface area (Å²) in [6, 6.07) is -0.182. The van der Waals surface area contributed by atoms with Gasteiger partial charge in [-0.25, -0.2) is 9.69 Å². The average Bonchev–Trinajstić information content (AvgIpc) is 2.30. The number of cyclic esters (lactones) is 1. The second-order valence-electron chi connectivity index (χ2n) is 2.39. The monoisotopic (exact) mass is 158 g/mol. The third kappa shape index (κ3) is 1.32. The summed E-state index contributed by atoms with van der Waals surface area (Å²) in [7, 11) is 0. The molecule has 5 nitrogen and oxygen atoms in total. The molecular weight excluding hydrogens is 148 g/mol. The van der Waals surface area contributed by atoms with Crippen molar-refractivity contribution >= 4 is 12.0 Å². The van der Waals surface area contributed by atoms with Crippen molar-refractivity contribution in [2.24, 2.45) is 5.73 Å². The highest BCUT2D eigenvalue weighted by Crippen LogP contribution is 2.10. The second-order valence-corrected chi connectivity index (χ2v) is 2.39. The number of carbonyl (C=O) groups is 2. The van der Waals surface area contributed by atoms with Crippen molar-refractivity contribution in [1.29, 1.82) is 0 Å². The van der Waals surface area contributed by atoms with Crippen LogP contribution in [0.5, 0.6) is 0 Å². The van der Waals surface area contributed by atoms with Crippen LogP contribution < -0.4 is 5.73 Å². The fraction of sp³-hybridized carbons (Fsp3) is 0.667. The van der Waals surface area contributed by atoms with Gasteiger partial charge in [-0.2, -0.15) is 0 Å². The first kappa shape index (κ1) is 8.00. The number of hydrogen-bond acceptors (Lipinski definition) is 4. The molecule has 2 amide bonds. The number of hydrogen-bond donors (Lipinski definition) is 1. The van der Waals surface area contributed by atoms with Crippen LogP contribution in [-0.2, 0) is 9.53 Å². The summed E-state index contributed by atoms with van der Waals surface area (Å²) in [6.45, 7) is 1.85. The highest BCUT2D eigenvalue weighted by Gasteiger charge is 2.33. The van der Waals surface area contributed by atoms with Gasteiger partial charge < -0.3 is 10.5 Å². The molecule has 0 saturated carbocycles. The Morgan fingerprint density at radius 2 is 2.55 bits per heavy atom. The molecule has 0 aliphatic carbocycles. The van der Waals surface area contributed by atoms with Gasteiger partial charge in [0.2, 0.25) is 5.91 Å². The molecule has 62 valence electrons. The van der Waals surface area contributed by atoms with Crippen LogP contribution in [0.2, 0.25) is 0 Å².